The van der Waals surface area contributed by atoms with Crippen molar-refractivity contribution in [3.63, 3.8) is 0 Å². The van der Waals surface area contributed by atoms with Gasteiger partial charge >= 0.3 is 5.91 Å². The number of carbonyl (C=O) groups is 2. The van der Waals surface area contributed by atoms with Crippen molar-refractivity contribution in [2.75, 3.05) is 18.6 Å². The molecule has 1 saturated heterocycles. The van der Waals surface area contributed by atoms with E-state index < -0.39 is 17.7 Å². The predicted molar refractivity (Wildman–Crippen MR) is 158 cm³/mol. The number of hydrogen-bond donors (Lipinski definition) is 1. The zero-order chi connectivity index (χ0) is 28.7. The molecular formula is C32H30N2O6S. The van der Waals surface area contributed by atoms with Crippen LogP contribution in [0, 0.1) is 0 Å². The van der Waals surface area contributed by atoms with Crippen LogP contribution in [-0.4, -0.2) is 41.6 Å². The van der Waals surface area contributed by atoms with Gasteiger partial charge in [-0.05, 0) is 73.0 Å². The van der Waals surface area contributed by atoms with Crippen molar-refractivity contribution in [1.82, 2.24) is 4.98 Å². The second-order valence-electron chi connectivity index (χ2n) is 10.2. The number of aliphatic hydroxyl groups excluding tert-OH is 1. The van der Waals surface area contributed by atoms with E-state index in [1.54, 1.807) is 25.3 Å². The average Bonchev–Trinajstić information content (AvgIpc) is 3.64. The maximum absolute atomic E-state index is 13.6. The molecule has 210 valence electrons. The van der Waals surface area contributed by atoms with E-state index in [-0.39, 0.29) is 17.4 Å². The van der Waals surface area contributed by atoms with Gasteiger partial charge in [-0.3, -0.25) is 14.5 Å². The van der Waals surface area contributed by atoms with E-state index in [1.807, 2.05) is 49.4 Å². The molecule has 3 heterocycles. The van der Waals surface area contributed by atoms with Crippen molar-refractivity contribution in [3.05, 3.63) is 82.9 Å². The molecule has 8 nitrogen and oxygen atoms in total. The molecule has 0 aliphatic carbocycles. The number of anilines is 1. The molecule has 1 amide bonds. The lowest BCUT2D eigenvalue weighted by Gasteiger charge is -2.23. The number of fused-ring (bicyclic) bond motifs is 2. The Hall–Kier alpha value is -4.37. The minimum Gasteiger partial charge on any atom is -0.507 e. The summed E-state index contributed by atoms with van der Waals surface area (Å²) in [7, 11) is 1.59. The van der Waals surface area contributed by atoms with Gasteiger partial charge in [-0.1, -0.05) is 36.8 Å². The highest BCUT2D eigenvalue weighted by molar-refractivity contribution is 7.22. The highest BCUT2D eigenvalue weighted by Crippen LogP contribution is 2.45. The van der Waals surface area contributed by atoms with Gasteiger partial charge in [-0.25, -0.2) is 4.98 Å². The summed E-state index contributed by atoms with van der Waals surface area (Å²) in [6.07, 6.45) is 2.69. The Balaban J connectivity index is 1.47. The number of rotatable bonds is 8. The van der Waals surface area contributed by atoms with Gasteiger partial charge in [0.25, 0.3) is 5.78 Å². The van der Waals surface area contributed by atoms with Crippen LogP contribution in [0.25, 0.3) is 16.0 Å². The molecule has 4 aromatic rings. The first kappa shape index (κ1) is 26.8. The summed E-state index contributed by atoms with van der Waals surface area (Å²) in [6.45, 7) is 4.68. The van der Waals surface area contributed by atoms with Crippen molar-refractivity contribution in [2.45, 2.75) is 45.3 Å². The van der Waals surface area contributed by atoms with Crippen LogP contribution in [0.4, 0.5) is 5.13 Å². The molecule has 2 aliphatic heterocycles. The number of nitrogens with zero attached hydrogens (tertiary/aromatic N) is 2. The quantitative estimate of drug-likeness (QED) is 0.113. The lowest BCUT2D eigenvalue weighted by Crippen LogP contribution is -2.29. The number of ketones is 1. The molecule has 9 heteroatoms. The molecule has 3 aromatic carbocycles. The van der Waals surface area contributed by atoms with Gasteiger partial charge in [0.15, 0.2) is 5.13 Å². The number of hydrogen-bond acceptors (Lipinski definition) is 8. The molecule has 0 spiro atoms. The molecule has 2 aliphatic rings. The van der Waals surface area contributed by atoms with Gasteiger partial charge in [0, 0.05) is 12.0 Å². The van der Waals surface area contributed by atoms with Gasteiger partial charge in [-0.2, -0.15) is 0 Å². The highest BCUT2D eigenvalue weighted by atomic mass is 32.1. The van der Waals surface area contributed by atoms with Gasteiger partial charge in [0.1, 0.15) is 29.1 Å². The van der Waals surface area contributed by atoms with E-state index in [0.29, 0.717) is 46.3 Å². The Bertz CT molecular complexity index is 1680. The Morgan fingerprint density at radius 1 is 1.10 bits per heavy atom. The van der Waals surface area contributed by atoms with E-state index in [2.05, 4.69) is 6.92 Å². The predicted octanol–water partition coefficient (Wildman–Crippen LogP) is 6.43. The van der Waals surface area contributed by atoms with Crippen molar-refractivity contribution in [1.29, 1.82) is 0 Å². The van der Waals surface area contributed by atoms with E-state index >= 15 is 0 Å². The Morgan fingerprint density at radius 3 is 2.63 bits per heavy atom. The number of unbranched alkanes of at least 4 members (excludes halogenated alkanes) is 1. The minimum absolute atomic E-state index is 0.0124. The second kappa shape index (κ2) is 10.9. The molecule has 2 atom stereocenters. The first-order valence-electron chi connectivity index (χ1n) is 13.7. The number of amides is 1. The summed E-state index contributed by atoms with van der Waals surface area (Å²) in [4.78, 5) is 33.3. The summed E-state index contributed by atoms with van der Waals surface area (Å²) in [5.74, 6) is 0.374. The van der Waals surface area contributed by atoms with Crippen LogP contribution in [0.1, 0.15) is 49.4 Å². The van der Waals surface area contributed by atoms with E-state index in [1.165, 1.54) is 16.2 Å². The van der Waals surface area contributed by atoms with Crippen LogP contribution in [0.3, 0.4) is 0 Å². The van der Waals surface area contributed by atoms with Crippen LogP contribution < -0.4 is 19.1 Å². The first-order chi connectivity index (χ1) is 19.9. The summed E-state index contributed by atoms with van der Waals surface area (Å²) < 4.78 is 17.8. The van der Waals surface area contributed by atoms with Gasteiger partial charge in [-0.15, -0.1) is 0 Å². The highest BCUT2D eigenvalue weighted by Gasteiger charge is 2.48. The molecule has 0 saturated carbocycles. The number of thiazole rings is 1. The van der Waals surface area contributed by atoms with Gasteiger partial charge < -0.3 is 19.3 Å². The normalized spacial score (nSPS) is 19.4. The average molecular weight is 571 g/mol. The number of aromatic nitrogens is 1. The molecule has 0 unspecified atom stereocenters. The van der Waals surface area contributed by atoms with Crippen LogP contribution in [0.5, 0.6) is 17.2 Å². The van der Waals surface area contributed by atoms with Crippen LogP contribution >= 0.6 is 11.3 Å². The molecular weight excluding hydrogens is 540 g/mol. The van der Waals surface area contributed by atoms with Crippen molar-refractivity contribution < 1.29 is 28.9 Å². The number of carbonyl (C=O) groups excluding carboxylic acids is 2. The Kier molecular flexibility index (Phi) is 7.13. The number of methoxy groups -OCH3 is 1. The fraction of sp³-hybridized carbons (Fsp3) is 0.281. The first-order valence-corrected chi connectivity index (χ1v) is 14.5. The zero-order valence-electron chi connectivity index (χ0n) is 23.0. The molecule has 0 radical (unpaired) electrons. The van der Waals surface area contributed by atoms with E-state index in [9.17, 15) is 14.7 Å². The summed E-state index contributed by atoms with van der Waals surface area (Å²) >= 11 is 1.29. The minimum atomic E-state index is -0.884. The van der Waals surface area contributed by atoms with Crippen molar-refractivity contribution in [3.8, 4) is 17.2 Å². The largest absolute Gasteiger partial charge is 0.507 e. The number of benzene rings is 3. The summed E-state index contributed by atoms with van der Waals surface area (Å²) in [5.41, 5.74) is 2.75. The monoisotopic (exact) mass is 570 g/mol. The molecule has 41 heavy (non-hydrogen) atoms. The third-order valence-corrected chi connectivity index (χ3v) is 8.38. The fourth-order valence-electron chi connectivity index (χ4n) is 5.27. The Morgan fingerprint density at radius 2 is 1.88 bits per heavy atom. The third-order valence-electron chi connectivity index (χ3n) is 7.37. The molecule has 6 rings (SSSR count). The van der Waals surface area contributed by atoms with E-state index in [4.69, 9.17) is 19.2 Å². The lowest BCUT2D eigenvalue weighted by atomic mass is 9.94. The summed E-state index contributed by atoms with van der Waals surface area (Å²) in [5, 5.41) is 11.9. The molecule has 0 bridgehead atoms. The van der Waals surface area contributed by atoms with Gasteiger partial charge in [0.2, 0.25) is 0 Å². The lowest BCUT2D eigenvalue weighted by molar-refractivity contribution is -0.132. The maximum Gasteiger partial charge on any atom is 0.301 e. The van der Waals surface area contributed by atoms with Crippen LogP contribution in [-0.2, 0) is 16.0 Å². The zero-order valence-corrected chi connectivity index (χ0v) is 23.9. The SMILES string of the molecule is CCCCOc1ccc([C@H]2C(=C(O)c3ccc4c(c3)C[C@H](C)O4)C(=O)C(=O)N2c2nc3ccc(OC)cc3s2)cc1. The maximum atomic E-state index is 13.6. The molecule has 1 N–H and O–H groups in total. The van der Waals surface area contributed by atoms with Crippen LogP contribution in [0.2, 0.25) is 0 Å². The Labute approximate surface area is 241 Å². The standard InChI is InChI=1S/C32H30N2O6S/c1-4-5-14-39-22-9-6-19(7-10-22)28-27(29(35)20-8-13-25-21(16-20)15-18(2)40-25)30(36)31(37)34(28)32-33-24-12-11-23(38-3)17-26(24)41-32/h6-13,16-18,28,35H,4-5,14-15H2,1-3H3/t18-,28-/m0/s1. The van der Waals surface area contributed by atoms with Crippen LogP contribution in [0.15, 0.2) is 66.2 Å². The number of aliphatic hydroxyl groups is 1. The topological polar surface area (TPSA) is 98.2 Å². The number of ether oxygens (including phenoxy) is 3. The van der Waals surface area contributed by atoms with Gasteiger partial charge in [0.05, 0.1) is 35.5 Å². The third kappa shape index (κ3) is 4.91. The van der Waals surface area contributed by atoms with Crippen molar-refractivity contribution in [2.24, 2.45) is 0 Å². The van der Waals surface area contributed by atoms with Crippen molar-refractivity contribution >= 4 is 44.1 Å². The molecule has 1 fully saturated rings. The molecule has 1 aromatic heterocycles. The number of Topliss-reactive ketones (excluding diaryl/α,β-unsaturated/α-hetero) is 1. The fourth-order valence-corrected chi connectivity index (χ4v) is 6.29. The second-order valence-corrected chi connectivity index (χ2v) is 11.2. The van der Waals surface area contributed by atoms with E-state index in [0.717, 1.165) is 28.9 Å². The summed E-state index contributed by atoms with van der Waals surface area (Å²) in [6, 6.07) is 17.2. The smallest absolute Gasteiger partial charge is 0.301 e.